The molecule has 124 valence electrons. The average molecular weight is 329 g/mol. The number of hydrogen-bond donors (Lipinski definition) is 2. The van der Waals surface area contributed by atoms with Gasteiger partial charge in [0, 0.05) is 0 Å². The van der Waals surface area contributed by atoms with Crippen LogP contribution >= 0.6 is 0 Å². The first-order valence-electron chi connectivity index (χ1n) is 7.01. The first-order chi connectivity index (χ1) is 10.3. The van der Waals surface area contributed by atoms with E-state index in [-0.39, 0.29) is 5.75 Å². The van der Waals surface area contributed by atoms with E-state index in [0.717, 1.165) is 5.56 Å². The van der Waals surface area contributed by atoms with Crippen molar-refractivity contribution in [1.29, 1.82) is 0 Å². The van der Waals surface area contributed by atoms with Crippen LogP contribution in [0.1, 0.15) is 19.4 Å². The number of esters is 1. The molecule has 0 aromatic heterocycles. The molecule has 0 saturated carbocycles. The van der Waals surface area contributed by atoms with Crippen molar-refractivity contribution in [3.8, 4) is 0 Å². The first kappa shape index (κ1) is 18.4. The second-order valence-electron chi connectivity index (χ2n) is 4.77. The predicted molar refractivity (Wildman–Crippen MR) is 85.8 cm³/mol. The lowest BCUT2D eigenvalue weighted by Crippen LogP contribution is -2.45. The first-order valence-corrected chi connectivity index (χ1v) is 8.66. The van der Waals surface area contributed by atoms with Gasteiger partial charge in [0.2, 0.25) is 10.0 Å². The van der Waals surface area contributed by atoms with E-state index < -0.39 is 22.0 Å². The van der Waals surface area contributed by atoms with Crippen molar-refractivity contribution < 1.29 is 17.9 Å². The highest BCUT2D eigenvalue weighted by Crippen LogP contribution is 2.16. The highest BCUT2D eigenvalue weighted by molar-refractivity contribution is 7.89. The summed E-state index contributed by atoms with van der Waals surface area (Å²) in [5.74, 6) is 5.54. The summed E-state index contributed by atoms with van der Waals surface area (Å²) in [6, 6.07) is 6.47. The summed E-state index contributed by atoms with van der Waals surface area (Å²) in [6.45, 7) is 3.70. The summed E-state index contributed by atoms with van der Waals surface area (Å²) >= 11 is 0. The van der Waals surface area contributed by atoms with Crippen molar-refractivity contribution in [2.45, 2.75) is 26.3 Å². The van der Waals surface area contributed by atoms with Crippen LogP contribution < -0.4 is 15.6 Å². The third-order valence-corrected chi connectivity index (χ3v) is 4.61. The molecule has 1 rings (SSSR count). The van der Waals surface area contributed by atoms with E-state index >= 15 is 0 Å². The number of aryl methyl sites for hydroxylation is 1. The third kappa shape index (κ3) is 5.28. The molecule has 0 spiro atoms. The number of rotatable bonds is 8. The number of hydrogen-bond acceptors (Lipinski definition) is 6. The molecule has 0 saturated heterocycles. The van der Waals surface area contributed by atoms with Gasteiger partial charge in [0.25, 0.3) is 0 Å². The van der Waals surface area contributed by atoms with E-state index in [0.29, 0.717) is 18.7 Å². The Morgan fingerprint density at radius 3 is 2.45 bits per heavy atom. The van der Waals surface area contributed by atoms with Crippen LogP contribution in [-0.4, -0.2) is 39.8 Å². The van der Waals surface area contributed by atoms with Crippen LogP contribution in [0.25, 0.3) is 0 Å². The maximum Gasteiger partial charge on any atom is 0.330 e. The molecule has 22 heavy (non-hydrogen) atoms. The summed E-state index contributed by atoms with van der Waals surface area (Å²) in [4.78, 5) is 11.7. The minimum Gasteiger partial charge on any atom is -0.464 e. The summed E-state index contributed by atoms with van der Waals surface area (Å²) in [7, 11) is -1.83. The van der Waals surface area contributed by atoms with Gasteiger partial charge in [-0.2, -0.15) is 0 Å². The lowest BCUT2D eigenvalue weighted by Gasteiger charge is -2.24. The van der Waals surface area contributed by atoms with E-state index in [1.165, 1.54) is 12.1 Å². The molecule has 0 aliphatic rings. The molecule has 0 amide bonds. The van der Waals surface area contributed by atoms with Crippen molar-refractivity contribution in [3.05, 3.63) is 29.8 Å². The second-order valence-corrected chi connectivity index (χ2v) is 6.82. The number of hydrazine groups is 1. The van der Waals surface area contributed by atoms with Gasteiger partial charge in [-0.25, -0.2) is 23.8 Å². The number of nitrogens with zero attached hydrogens (tertiary/aromatic N) is 1. The van der Waals surface area contributed by atoms with Crippen LogP contribution in [0.2, 0.25) is 0 Å². The number of sulfonamides is 1. The number of anilines is 1. The Morgan fingerprint density at radius 1 is 1.36 bits per heavy atom. The molecular formula is C14H23N3O4S. The zero-order valence-corrected chi connectivity index (χ0v) is 13.9. The lowest BCUT2D eigenvalue weighted by molar-refractivity contribution is -0.144. The molecule has 1 aromatic carbocycles. The van der Waals surface area contributed by atoms with Gasteiger partial charge in [0.05, 0.1) is 18.0 Å². The molecule has 1 unspecified atom stereocenters. The topological polar surface area (TPSA) is 102 Å². The number of ether oxygens (including phenoxy) is 1. The molecule has 8 heteroatoms. The van der Waals surface area contributed by atoms with Gasteiger partial charge in [-0.05, 0) is 45.0 Å². The maximum absolute atomic E-state index is 11.7. The molecule has 7 nitrogen and oxygen atoms in total. The van der Waals surface area contributed by atoms with Crippen LogP contribution in [-0.2, 0) is 26.0 Å². The van der Waals surface area contributed by atoms with Crippen molar-refractivity contribution in [3.63, 3.8) is 0 Å². The Kier molecular flexibility index (Phi) is 6.79. The van der Waals surface area contributed by atoms with Gasteiger partial charge in [-0.3, -0.25) is 5.01 Å². The maximum atomic E-state index is 11.7. The fourth-order valence-electron chi connectivity index (χ4n) is 1.79. The van der Waals surface area contributed by atoms with E-state index in [2.05, 4.69) is 4.72 Å². The number of nitrogens with two attached hydrogens (primary N) is 1. The smallest absolute Gasteiger partial charge is 0.330 e. The van der Waals surface area contributed by atoms with Gasteiger partial charge in [-0.1, -0.05) is 12.1 Å². The molecule has 0 bridgehead atoms. The van der Waals surface area contributed by atoms with Crippen LogP contribution in [0.4, 0.5) is 5.69 Å². The van der Waals surface area contributed by atoms with Crippen LogP contribution in [0.3, 0.4) is 0 Å². The monoisotopic (exact) mass is 329 g/mol. The van der Waals surface area contributed by atoms with Crippen molar-refractivity contribution in [1.82, 2.24) is 4.72 Å². The quantitative estimate of drug-likeness (QED) is 0.407. The number of nitrogens with one attached hydrogen (secondary N) is 1. The molecule has 0 heterocycles. The van der Waals surface area contributed by atoms with Crippen LogP contribution in [0.5, 0.6) is 0 Å². The minimum atomic E-state index is -3.22. The van der Waals surface area contributed by atoms with Crippen LogP contribution in [0, 0.1) is 0 Å². The summed E-state index contributed by atoms with van der Waals surface area (Å²) in [6.07, 6.45) is 0.404. The average Bonchev–Trinajstić information content (AvgIpc) is 2.52. The van der Waals surface area contributed by atoms with E-state index in [4.69, 9.17) is 10.6 Å². The normalized spacial score (nSPS) is 12.7. The highest BCUT2D eigenvalue weighted by Gasteiger charge is 2.20. The summed E-state index contributed by atoms with van der Waals surface area (Å²) in [5.41, 5.74) is 1.53. The van der Waals surface area contributed by atoms with Crippen molar-refractivity contribution in [2.75, 3.05) is 24.4 Å². The van der Waals surface area contributed by atoms with Gasteiger partial charge in [0.15, 0.2) is 0 Å². The Morgan fingerprint density at radius 2 is 1.95 bits per heavy atom. The van der Waals surface area contributed by atoms with Crippen LogP contribution in [0.15, 0.2) is 24.3 Å². The molecule has 1 atom stereocenters. The fraction of sp³-hybridized carbons (Fsp3) is 0.500. The molecule has 3 N–H and O–H groups in total. The molecular weight excluding hydrogens is 306 g/mol. The van der Waals surface area contributed by atoms with Gasteiger partial charge in [0.1, 0.15) is 6.04 Å². The number of benzene rings is 1. The van der Waals surface area contributed by atoms with E-state index in [9.17, 15) is 13.2 Å². The zero-order chi connectivity index (χ0) is 16.8. The summed E-state index contributed by atoms with van der Waals surface area (Å²) in [5, 5.41) is 1.33. The Hall–Kier alpha value is -1.64. The Labute approximate surface area is 131 Å². The Bertz CT molecular complexity index is 587. The van der Waals surface area contributed by atoms with E-state index in [1.807, 2.05) is 0 Å². The standard InChI is InChI=1S/C14H23N3O4S/c1-4-21-14(18)11(2)17(15)13-7-5-12(6-8-13)9-10-22(19,20)16-3/h5-8,11,16H,4,9-10,15H2,1-3H3. The van der Waals surface area contributed by atoms with Crippen molar-refractivity contribution >= 4 is 21.7 Å². The van der Waals surface area contributed by atoms with Crippen molar-refractivity contribution in [2.24, 2.45) is 5.84 Å². The SMILES string of the molecule is CCOC(=O)C(C)N(N)c1ccc(CCS(=O)(=O)NC)cc1. The number of carbonyl (C=O) groups is 1. The highest BCUT2D eigenvalue weighted by atomic mass is 32.2. The Balaban J connectivity index is 2.70. The fourth-order valence-corrected chi connectivity index (χ4v) is 2.50. The zero-order valence-electron chi connectivity index (χ0n) is 13.1. The van der Waals surface area contributed by atoms with Gasteiger partial charge < -0.3 is 4.74 Å². The number of carbonyl (C=O) groups excluding carboxylic acids is 1. The lowest BCUT2D eigenvalue weighted by atomic mass is 10.1. The predicted octanol–water partition coefficient (Wildman–Crippen LogP) is 0.410. The third-order valence-electron chi connectivity index (χ3n) is 3.25. The van der Waals surface area contributed by atoms with E-state index in [1.54, 1.807) is 38.1 Å². The molecule has 0 radical (unpaired) electrons. The molecule has 1 aromatic rings. The molecule has 0 fully saturated rings. The summed E-state index contributed by atoms with van der Waals surface area (Å²) < 4.78 is 30.0. The largest absolute Gasteiger partial charge is 0.464 e. The molecule has 0 aliphatic carbocycles. The second kappa shape index (κ2) is 8.11. The minimum absolute atomic E-state index is 0.0222. The molecule has 0 aliphatic heterocycles. The van der Waals surface area contributed by atoms with Gasteiger partial charge >= 0.3 is 5.97 Å². The van der Waals surface area contributed by atoms with Gasteiger partial charge in [-0.15, -0.1) is 0 Å².